The molecule has 1 heterocycles. The first kappa shape index (κ1) is 13.1. The topological polar surface area (TPSA) is 46.3 Å². The van der Waals surface area contributed by atoms with Crippen molar-refractivity contribution in [1.29, 1.82) is 0 Å². The smallest absolute Gasteiger partial charge is 0.123 e. The van der Waals surface area contributed by atoms with Crippen LogP contribution in [0.4, 0.5) is 5.69 Å². The number of benzene rings is 1. The van der Waals surface area contributed by atoms with E-state index in [1.807, 2.05) is 12.1 Å². The van der Waals surface area contributed by atoms with Crippen LogP contribution < -0.4 is 5.73 Å². The van der Waals surface area contributed by atoms with E-state index < -0.39 is 0 Å². The van der Waals surface area contributed by atoms with Gasteiger partial charge in [0.15, 0.2) is 0 Å². The summed E-state index contributed by atoms with van der Waals surface area (Å²) in [5.74, 6) is 0.287. The molecule has 2 rings (SSSR count). The summed E-state index contributed by atoms with van der Waals surface area (Å²) in [5, 5.41) is 0. The molecule has 0 aromatic heterocycles. The predicted molar refractivity (Wildman–Crippen MR) is 74.5 cm³/mol. The summed E-state index contributed by atoms with van der Waals surface area (Å²) in [4.78, 5) is 13.1. The Morgan fingerprint density at radius 3 is 2.78 bits per heavy atom. The van der Waals surface area contributed by atoms with E-state index in [2.05, 4.69) is 17.9 Å². The third-order valence-electron chi connectivity index (χ3n) is 4.01. The van der Waals surface area contributed by atoms with Crippen LogP contribution in [0.3, 0.4) is 0 Å². The fraction of sp³-hybridized carbons (Fsp3) is 0.533. The largest absolute Gasteiger partial charge is 0.399 e. The van der Waals surface area contributed by atoms with Crippen molar-refractivity contribution < 1.29 is 4.79 Å². The second-order valence-corrected chi connectivity index (χ2v) is 5.20. The zero-order valence-corrected chi connectivity index (χ0v) is 11.1. The highest BCUT2D eigenvalue weighted by Gasteiger charge is 2.18. The van der Waals surface area contributed by atoms with Gasteiger partial charge < -0.3 is 15.4 Å². The molecule has 18 heavy (non-hydrogen) atoms. The van der Waals surface area contributed by atoms with Gasteiger partial charge in [0.05, 0.1) is 0 Å². The summed E-state index contributed by atoms with van der Waals surface area (Å²) >= 11 is 0. The number of likely N-dealkylation sites (tertiary alicyclic amines) is 1. The molecular formula is C15H22N2O. The molecule has 0 aliphatic carbocycles. The Bertz CT molecular complexity index is 409. The summed E-state index contributed by atoms with van der Waals surface area (Å²) in [7, 11) is 0. The molecule has 98 valence electrons. The second kappa shape index (κ2) is 6.01. The lowest BCUT2D eigenvalue weighted by atomic mass is 9.97. The number of aldehydes is 1. The van der Waals surface area contributed by atoms with Crippen LogP contribution in [0.2, 0.25) is 0 Å². The number of hydrogen-bond acceptors (Lipinski definition) is 3. The van der Waals surface area contributed by atoms with E-state index in [1.54, 1.807) is 0 Å². The van der Waals surface area contributed by atoms with Gasteiger partial charge in [-0.25, -0.2) is 0 Å². The van der Waals surface area contributed by atoms with Gasteiger partial charge in [-0.3, -0.25) is 0 Å². The van der Waals surface area contributed by atoms with Crippen molar-refractivity contribution in [3.05, 3.63) is 29.3 Å². The lowest BCUT2D eigenvalue weighted by Gasteiger charge is -2.29. The van der Waals surface area contributed by atoms with Crippen molar-refractivity contribution in [2.75, 3.05) is 25.4 Å². The van der Waals surface area contributed by atoms with Gasteiger partial charge in [0.25, 0.3) is 0 Å². The summed E-state index contributed by atoms with van der Waals surface area (Å²) in [5.41, 5.74) is 9.34. The third kappa shape index (κ3) is 3.10. The van der Waals surface area contributed by atoms with Gasteiger partial charge >= 0.3 is 0 Å². The minimum Gasteiger partial charge on any atom is -0.399 e. The molecule has 3 heteroatoms. The number of nitrogens with two attached hydrogens (primary N) is 1. The molecular weight excluding hydrogens is 224 g/mol. The first-order chi connectivity index (χ1) is 8.70. The zero-order chi connectivity index (χ0) is 13.0. The van der Waals surface area contributed by atoms with Crippen LogP contribution in [0.15, 0.2) is 18.2 Å². The highest BCUT2D eigenvalue weighted by molar-refractivity contribution is 5.53. The van der Waals surface area contributed by atoms with Gasteiger partial charge in [-0.1, -0.05) is 12.1 Å². The highest BCUT2D eigenvalue weighted by Crippen LogP contribution is 2.18. The first-order valence-corrected chi connectivity index (χ1v) is 6.72. The lowest BCUT2D eigenvalue weighted by molar-refractivity contribution is -0.112. The van der Waals surface area contributed by atoms with E-state index in [1.165, 1.54) is 11.1 Å². The Morgan fingerprint density at radius 2 is 2.11 bits per heavy atom. The summed E-state index contributed by atoms with van der Waals surface area (Å²) in [6.07, 6.45) is 4.18. The van der Waals surface area contributed by atoms with E-state index in [9.17, 15) is 4.79 Å². The quantitative estimate of drug-likeness (QED) is 0.653. The molecule has 0 amide bonds. The van der Waals surface area contributed by atoms with E-state index in [4.69, 9.17) is 5.73 Å². The number of anilines is 1. The van der Waals surface area contributed by atoms with Gasteiger partial charge in [-0.2, -0.15) is 0 Å². The number of carbonyl (C=O) groups excluding carboxylic acids is 1. The average molecular weight is 246 g/mol. The van der Waals surface area contributed by atoms with Gasteiger partial charge in [0.2, 0.25) is 0 Å². The standard InChI is InChI=1S/C15H22N2O/c1-12-14(3-2-4-15(12)16)7-10-17-8-5-13(11-18)6-9-17/h2-4,11,13H,5-10,16H2,1H3. The second-order valence-electron chi connectivity index (χ2n) is 5.20. The molecule has 1 aliphatic heterocycles. The number of nitrogens with zero attached hydrogens (tertiary/aromatic N) is 1. The average Bonchev–Trinajstić information content (AvgIpc) is 2.41. The van der Waals surface area contributed by atoms with Crippen LogP contribution >= 0.6 is 0 Å². The summed E-state index contributed by atoms with van der Waals surface area (Å²) in [6.45, 7) is 5.24. The van der Waals surface area contributed by atoms with Crippen LogP contribution in [0.25, 0.3) is 0 Å². The van der Waals surface area contributed by atoms with Crippen molar-refractivity contribution in [3.8, 4) is 0 Å². The van der Waals surface area contributed by atoms with Crippen LogP contribution in [0.5, 0.6) is 0 Å². The number of nitrogen functional groups attached to an aromatic ring is 1. The Balaban J connectivity index is 1.85. The van der Waals surface area contributed by atoms with E-state index in [0.29, 0.717) is 0 Å². The van der Waals surface area contributed by atoms with E-state index in [0.717, 1.165) is 50.9 Å². The van der Waals surface area contributed by atoms with Crippen molar-refractivity contribution in [1.82, 2.24) is 4.90 Å². The number of carbonyl (C=O) groups is 1. The van der Waals surface area contributed by atoms with Crippen molar-refractivity contribution >= 4 is 12.0 Å². The molecule has 0 saturated carbocycles. The molecule has 0 atom stereocenters. The Kier molecular flexibility index (Phi) is 4.37. The van der Waals surface area contributed by atoms with Crippen LogP contribution in [0.1, 0.15) is 24.0 Å². The van der Waals surface area contributed by atoms with E-state index >= 15 is 0 Å². The lowest BCUT2D eigenvalue weighted by Crippen LogP contribution is -2.35. The van der Waals surface area contributed by atoms with E-state index in [-0.39, 0.29) is 5.92 Å². The number of rotatable bonds is 4. The normalized spacial score (nSPS) is 17.8. The van der Waals surface area contributed by atoms with Gasteiger partial charge in [-0.15, -0.1) is 0 Å². The molecule has 0 bridgehead atoms. The number of hydrogen-bond donors (Lipinski definition) is 1. The Hall–Kier alpha value is -1.35. The molecule has 1 aromatic carbocycles. The molecule has 1 fully saturated rings. The maximum atomic E-state index is 10.7. The maximum Gasteiger partial charge on any atom is 0.123 e. The SMILES string of the molecule is Cc1c(N)cccc1CCN1CCC(C=O)CC1. The first-order valence-electron chi connectivity index (χ1n) is 6.72. The van der Waals surface area contributed by atoms with Crippen molar-refractivity contribution in [3.63, 3.8) is 0 Å². The number of piperidine rings is 1. The predicted octanol–water partition coefficient (Wildman–Crippen LogP) is 2.03. The highest BCUT2D eigenvalue weighted by atomic mass is 16.1. The fourth-order valence-corrected chi connectivity index (χ4v) is 2.57. The third-order valence-corrected chi connectivity index (χ3v) is 4.01. The minimum atomic E-state index is 0.287. The minimum absolute atomic E-state index is 0.287. The molecule has 1 saturated heterocycles. The Labute approximate surface area is 109 Å². The zero-order valence-electron chi connectivity index (χ0n) is 11.1. The fourth-order valence-electron chi connectivity index (χ4n) is 2.57. The van der Waals surface area contributed by atoms with Gasteiger partial charge in [0.1, 0.15) is 6.29 Å². The maximum absolute atomic E-state index is 10.7. The molecule has 0 unspecified atom stereocenters. The molecule has 0 radical (unpaired) electrons. The Morgan fingerprint density at radius 1 is 1.39 bits per heavy atom. The summed E-state index contributed by atoms with van der Waals surface area (Å²) < 4.78 is 0. The molecule has 3 nitrogen and oxygen atoms in total. The molecule has 2 N–H and O–H groups in total. The molecule has 0 spiro atoms. The van der Waals surface area contributed by atoms with Crippen molar-refractivity contribution in [2.45, 2.75) is 26.2 Å². The van der Waals surface area contributed by atoms with Gasteiger partial charge in [-0.05, 0) is 56.5 Å². The molecule has 1 aliphatic rings. The van der Waals surface area contributed by atoms with Crippen molar-refractivity contribution in [2.24, 2.45) is 5.92 Å². The van der Waals surface area contributed by atoms with Crippen LogP contribution in [-0.4, -0.2) is 30.8 Å². The monoisotopic (exact) mass is 246 g/mol. The van der Waals surface area contributed by atoms with Crippen LogP contribution in [0, 0.1) is 12.8 Å². The summed E-state index contributed by atoms with van der Waals surface area (Å²) in [6, 6.07) is 6.13. The van der Waals surface area contributed by atoms with Crippen LogP contribution in [-0.2, 0) is 11.2 Å². The molecule has 1 aromatic rings. The van der Waals surface area contributed by atoms with Gasteiger partial charge in [0, 0.05) is 18.2 Å².